The number of anilines is 1. The van der Waals surface area contributed by atoms with Crippen molar-refractivity contribution in [2.45, 2.75) is 38.3 Å². The first-order chi connectivity index (χ1) is 8.31. The van der Waals surface area contributed by atoms with Gasteiger partial charge in [0.2, 0.25) is 5.95 Å². The van der Waals surface area contributed by atoms with Gasteiger partial charge in [0.05, 0.1) is 5.75 Å². The van der Waals surface area contributed by atoms with Crippen LogP contribution in [0, 0.1) is 6.92 Å². The van der Waals surface area contributed by atoms with Gasteiger partial charge in [-0.05, 0) is 33.3 Å². The van der Waals surface area contributed by atoms with E-state index >= 15 is 0 Å². The Morgan fingerprint density at radius 3 is 2.78 bits per heavy atom. The molecule has 0 saturated carbocycles. The molecule has 1 aromatic heterocycles. The summed E-state index contributed by atoms with van der Waals surface area (Å²) in [5.41, 5.74) is 2.79. The van der Waals surface area contributed by atoms with Crippen LogP contribution < -0.4 is 11.3 Å². The number of nitrogens with one attached hydrogen (secondary N) is 1. The molecule has 6 nitrogen and oxygen atoms in total. The van der Waals surface area contributed by atoms with E-state index in [-0.39, 0.29) is 11.7 Å². The lowest BCUT2D eigenvalue weighted by Crippen LogP contribution is -2.25. The second-order valence-electron chi connectivity index (χ2n) is 4.70. The maximum Gasteiger partial charge on any atom is 0.316 e. The van der Waals surface area contributed by atoms with Crippen LogP contribution in [0.4, 0.5) is 5.95 Å². The molecule has 0 amide bonds. The number of thioether (sulfide) groups is 1. The fourth-order valence-electron chi connectivity index (χ4n) is 1.14. The minimum absolute atomic E-state index is 0.207. The summed E-state index contributed by atoms with van der Waals surface area (Å²) in [6.07, 6.45) is 1.65. The van der Waals surface area contributed by atoms with Gasteiger partial charge in [-0.25, -0.2) is 15.8 Å². The lowest BCUT2D eigenvalue weighted by Gasteiger charge is -2.19. The van der Waals surface area contributed by atoms with Crippen LogP contribution >= 0.6 is 11.8 Å². The minimum atomic E-state index is -0.470. The fourth-order valence-corrected chi connectivity index (χ4v) is 1.89. The van der Waals surface area contributed by atoms with Gasteiger partial charge in [0.25, 0.3) is 0 Å². The van der Waals surface area contributed by atoms with Crippen LogP contribution in [0.2, 0.25) is 0 Å². The maximum atomic E-state index is 11.6. The van der Waals surface area contributed by atoms with E-state index in [0.29, 0.717) is 11.0 Å². The number of nitrogen functional groups attached to an aromatic ring is 1. The zero-order valence-electron chi connectivity index (χ0n) is 11.0. The Labute approximate surface area is 111 Å². The van der Waals surface area contributed by atoms with Crippen molar-refractivity contribution in [3.05, 3.63) is 11.8 Å². The van der Waals surface area contributed by atoms with Crippen LogP contribution in [0.1, 0.15) is 26.3 Å². The number of carbonyl (C=O) groups is 1. The van der Waals surface area contributed by atoms with Crippen LogP contribution in [0.15, 0.2) is 11.2 Å². The molecule has 0 aliphatic carbocycles. The first-order valence-electron chi connectivity index (χ1n) is 5.47. The second kappa shape index (κ2) is 6.01. The summed E-state index contributed by atoms with van der Waals surface area (Å²) < 4.78 is 5.21. The molecule has 0 saturated heterocycles. The maximum absolute atomic E-state index is 11.6. The van der Waals surface area contributed by atoms with Gasteiger partial charge in [0.1, 0.15) is 10.6 Å². The first kappa shape index (κ1) is 14.7. The Morgan fingerprint density at radius 1 is 1.56 bits per heavy atom. The molecular weight excluding hydrogens is 252 g/mol. The molecule has 0 aromatic carbocycles. The lowest BCUT2D eigenvalue weighted by atomic mass is 10.2. The van der Waals surface area contributed by atoms with E-state index in [1.807, 2.05) is 27.7 Å². The SMILES string of the molecule is Cc1cnc(NN)nc1SCC(=O)OC(C)(C)C. The molecule has 0 aliphatic rings. The Hall–Kier alpha value is -1.34. The van der Waals surface area contributed by atoms with E-state index in [9.17, 15) is 4.79 Å². The number of hydrogen-bond donors (Lipinski definition) is 2. The normalized spacial score (nSPS) is 11.2. The summed E-state index contributed by atoms with van der Waals surface area (Å²) in [4.78, 5) is 19.7. The number of rotatable bonds is 4. The van der Waals surface area contributed by atoms with Gasteiger partial charge in [-0.1, -0.05) is 11.8 Å². The second-order valence-corrected chi connectivity index (χ2v) is 5.67. The molecule has 0 aliphatic heterocycles. The zero-order chi connectivity index (χ0) is 13.8. The predicted octanol–water partition coefficient (Wildman–Crippen LogP) is 1.50. The minimum Gasteiger partial charge on any atom is -0.459 e. The summed E-state index contributed by atoms with van der Waals surface area (Å²) in [6.45, 7) is 7.38. The van der Waals surface area contributed by atoms with E-state index < -0.39 is 5.60 Å². The first-order valence-corrected chi connectivity index (χ1v) is 6.45. The number of aromatic nitrogens is 2. The summed E-state index contributed by atoms with van der Waals surface area (Å²) in [5, 5.41) is 0.712. The number of esters is 1. The highest BCUT2D eigenvalue weighted by atomic mass is 32.2. The highest BCUT2D eigenvalue weighted by Gasteiger charge is 2.17. The molecule has 0 spiro atoms. The quantitative estimate of drug-likeness (QED) is 0.282. The summed E-state index contributed by atoms with van der Waals surface area (Å²) in [7, 11) is 0. The van der Waals surface area contributed by atoms with Crippen molar-refractivity contribution in [1.29, 1.82) is 0 Å². The van der Waals surface area contributed by atoms with Gasteiger partial charge >= 0.3 is 5.97 Å². The number of aryl methyl sites for hydroxylation is 1. The number of carbonyl (C=O) groups excluding carboxylic acids is 1. The summed E-state index contributed by atoms with van der Waals surface area (Å²) in [5.74, 6) is 5.50. The van der Waals surface area contributed by atoms with Crippen LogP contribution in [0.25, 0.3) is 0 Å². The average Bonchev–Trinajstić information content (AvgIpc) is 2.25. The van der Waals surface area contributed by atoms with Gasteiger partial charge in [0, 0.05) is 6.20 Å². The molecule has 18 heavy (non-hydrogen) atoms. The zero-order valence-corrected chi connectivity index (χ0v) is 11.8. The Morgan fingerprint density at radius 2 is 2.22 bits per heavy atom. The van der Waals surface area contributed by atoms with Crippen LogP contribution in [0.5, 0.6) is 0 Å². The molecule has 100 valence electrons. The lowest BCUT2D eigenvalue weighted by molar-refractivity contribution is -0.151. The summed E-state index contributed by atoms with van der Waals surface area (Å²) >= 11 is 1.30. The number of nitrogens with zero attached hydrogens (tertiary/aromatic N) is 2. The largest absolute Gasteiger partial charge is 0.459 e. The highest BCUT2D eigenvalue weighted by Crippen LogP contribution is 2.21. The van der Waals surface area contributed by atoms with Crippen LogP contribution in [-0.4, -0.2) is 27.3 Å². The van der Waals surface area contributed by atoms with Gasteiger partial charge < -0.3 is 4.74 Å². The molecule has 7 heteroatoms. The molecule has 3 N–H and O–H groups in total. The highest BCUT2D eigenvalue weighted by molar-refractivity contribution is 7.99. The van der Waals surface area contributed by atoms with Gasteiger partial charge in [-0.15, -0.1) is 0 Å². The number of hydrazine groups is 1. The van der Waals surface area contributed by atoms with E-state index in [0.717, 1.165) is 5.56 Å². The van der Waals surface area contributed by atoms with Gasteiger partial charge in [0.15, 0.2) is 0 Å². The van der Waals surface area contributed by atoms with Crippen LogP contribution in [0.3, 0.4) is 0 Å². The number of ether oxygens (including phenoxy) is 1. The van der Waals surface area contributed by atoms with Crippen molar-refractivity contribution in [2.75, 3.05) is 11.2 Å². The summed E-state index contributed by atoms with van der Waals surface area (Å²) in [6, 6.07) is 0. The van der Waals surface area contributed by atoms with E-state index in [4.69, 9.17) is 10.6 Å². The topological polar surface area (TPSA) is 90.1 Å². The standard InChI is InChI=1S/C11H18N4O2S/c1-7-5-13-10(15-12)14-9(7)18-6-8(16)17-11(2,3)4/h5H,6,12H2,1-4H3,(H,13,14,15). The molecule has 0 radical (unpaired) electrons. The molecular formula is C11H18N4O2S. The third kappa shape index (κ3) is 4.89. The molecule has 0 unspecified atom stereocenters. The Kier molecular flexibility index (Phi) is 4.92. The molecule has 0 fully saturated rings. The molecule has 1 aromatic rings. The van der Waals surface area contributed by atoms with Crippen molar-refractivity contribution in [1.82, 2.24) is 9.97 Å². The number of nitrogens with two attached hydrogens (primary N) is 1. The van der Waals surface area contributed by atoms with Crippen molar-refractivity contribution in [3.63, 3.8) is 0 Å². The molecule has 1 heterocycles. The van der Waals surface area contributed by atoms with E-state index in [1.54, 1.807) is 6.20 Å². The van der Waals surface area contributed by atoms with E-state index in [1.165, 1.54) is 11.8 Å². The molecule has 0 bridgehead atoms. The predicted molar refractivity (Wildman–Crippen MR) is 71.1 cm³/mol. The molecule has 0 atom stereocenters. The third-order valence-corrected chi connectivity index (χ3v) is 2.87. The fraction of sp³-hybridized carbons (Fsp3) is 0.545. The Bertz CT molecular complexity index is 432. The average molecular weight is 270 g/mol. The smallest absolute Gasteiger partial charge is 0.316 e. The van der Waals surface area contributed by atoms with E-state index in [2.05, 4.69) is 15.4 Å². The van der Waals surface area contributed by atoms with Gasteiger partial charge in [-0.2, -0.15) is 0 Å². The van der Waals surface area contributed by atoms with Gasteiger partial charge in [-0.3, -0.25) is 10.2 Å². The van der Waals surface area contributed by atoms with Crippen molar-refractivity contribution >= 4 is 23.7 Å². The number of hydrogen-bond acceptors (Lipinski definition) is 7. The third-order valence-electron chi connectivity index (χ3n) is 1.80. The van der Waals surface area contributed by atoms with Crippen molar-refractivity contribution in [2.24, 2.45) is 5.84 Å². The Balaban J connectivity index is 2.60. The van der Waals surface area contributed by atoms with Crippen LogP contribution in [-0.2, 0) is 9.53 Å². The van der Waals surface area contributed by atoms with Crippen molar-refractivity contribution in [3.8, 4) is 0 Å². The molecule has 1 rings (SSSR count). The monoisotopic (exact) mass is 270 g/mol. The van der Waals surface area contributed by atoms with Crippen molar-refractivity contribution < 1.29 is 9.53 Å².